The van der Waals surface area contributed by atoms with Crippen LogP contribution in [0.2, 0.25) is 0 Å². The van der Waals surface area contributed by atoms with Gasteiger partial charge in [0.2, 0.25) is 0 Å². The van der Waals surface area contributed by atoms with Crippen LogP contribution in [-0.4, -0.2) is 76.9 Å². The fourth-order valence-corrected chi connectivity index (χ4v) is 2.39. The third-order valence-corrected chi connectivity index (χ3v) is 3.56. The van der Waals surface area contributed by atoms with Crippen molar-refractivity contribution < 1.29 is 19.8 Å². The van der Waals surface area contributed by atoms with Crippen LogP contribution < -0.4 is 5.32 Å². The molecule has 7 nitrogen and oxygen atoms in total. The minimum atomic E-state index is -1.24. The molecule has 0 radical (unpaired) electrons. The normalized spacial score (nSPS) is 20.6. The monoisotopic (exact) mass is 273 g/mol. The zero-order valence-corrected chi connectivity index (χ0v) is 11.5. The van der Waals surface area contributed by atoms with Crippen molar-refractivity contribution in [2.45, 2.75) is 32.4 Å². The lowest BCUT2D eigenvalue weighted by molar-refractivity contribution is -0.140. The number of aliphatic hydroxyl groups is 1. The maximum atomic E-state index is 11.9. The van der Waals surface area contributed by atoms with Gasteiger partial charge in [-0.25, -0.2) is 9.59 Å². The quantitative estimate of drug-likeness (QED) is 0.610. The Balaban J connectivity index is 2.50. The molecule has 1 aliphatic heterocycles. The van der Waals surface area contributed by atoms with Crippen molar-refractivity contribution in [2.75, 3.05) is 32.8 Å². The Kier molecular flexibility index (Phi) is 6.04. The summed E-state index contributed by atoms with van der Waals surface area (Å²) >= 11 is 0. The maximum absolute atomic E-state index is 11.9. The summed E-state index contributed by atoms with van der Waals surface area (Å²) < 4.78 is 0. The van der Waals surface area contributed by atoms with E-state index < -0.39 is 24.6 Å². The molecule has 19 heavy (non-hydrogen) atoms. The van der Waals surface area contributed by atoms with E-state index >= 15 is 0 Å². The molecule has 0 spiro atoms. The zero-order chi connectivity index (χ0) is 14.4. The van der Waals surface area contributed by atoms with Crippen LogP contribution in [-0.2, 0) is 4.79 Å². The van der Waals surface area contributed by atoms with E-state index in [1.54, 1.807) is 4.90 Å². The molecule has 0 aromatic rings. The molecule has 0 bridgehead atoms. The van der Waals surface area contributed by atoms with Crippen molar-refractivity contribution in [3.63, 3.8) is 0 Å². The zero-order valence-electron chi connectivity index (χ0n) is 11.5. The number of aliphatic carboxylic acids is 1. The van der Waals surface area contributed by atoms with Gasteiger partial charge >= 0.3 is 12.0 Å². The Morgan fingerprint density at radius 3 is 2.53 bits per heavy atom. The molecule has 7 heteroatoms. The van der Waals surface area contributed by atoms with E-state index in [1.807, 2.05) is 0 Å². The van der Waals surface area contributed by atoms with Gasteiger partial charge in [0, 0.05) is 19.1 Å². The van der Waals surface area contributed by atoms with Crippen molar-refractivity contribution in [3.8, 4) is 0 Å². The number of nitrogens with one attached hydrogen (secondary N) is 1. The summed E-state index contributed by atoms with van der Waals surface area (Å²) in [4.78, 5) is 26.5. The first-order chi connectivity index (χ1) is 9.03. The Bertz CT molecular complexity index is 320. The third-order valence-electron chi connectivity index (χ3n) is 3.56. The summed E-state index contributed by atoms with van der Waals surface area (Å²) in [6, 6.07) is -1.32. The first kappa shape index (κ1) is 15.7. The van der Waals surface area contributed by atoms with E-state index in [2.05, 4.69) is 24.1 Å². The van der Waals surface area contributed by atoms with Crippen LogP contribution in [0.4, 0.5) is 4.79 Å². The van der Waals surface area contributed by atoms with Crippen molar-refractivity contribution in [3.05, 3.63) is 0 Å². The van der Waals surface area contributed by atoms with Crippen LogP contribution in [0.25, 0.3) is 0 Å². The van der Waals surface area contributed by atoms with Gasteiger partial charge in [0.25, 0.3) is 0 Å². The summed E-state index contributed by atoms with van der Waals surface area (Å²) in [6.45, 7) is 6.65. The fourth-order valence-electron chi connectivity index (χ4n) is 2.39. The average molecular weight is 273 g/mol. The van der Waals surface area contributed by atoms with Crippen LogP contribution >= 0.6 is 0 Å². The second-order valence-electron chi connectivity index (χ2n) is 4.63. The summed E-state index contributed by atoms with van der Waals surface area (Å²) in [7, 11) is 0. The first-order valence-corrected chi connectivity index (χ1v) is 6.66. The lowest BCUT2D eigenvalue weighted by atomic mass is 10.2. The summed E-state index contributed by atoms with van der Waals surface area (Å²) in [6.07, 6.45) is 0.895. The van der Waals surface area contributed by atoms with Crippen LogP contribution in [0.5, 0.6) is 0 Å². The number of likely N-dealkylation sites (N-methyl/N-ethyl adjacent to an activating group) is 1. The van der Waals surface area contributed by atoms with Gasteiger partial charge in [-0.2, -0.15) is 0 Å². The number of amides is 2. The molecule has 1 fully saturated rings. The largest absolute Gasteiger partial charge is 0.480 e. The standard InChI is InChI=1S/C12H23N3O4/c1-3-14(4-2)9-5-6-15(7-9)12(19)13-10(8-16)11(17)18/h9-10,16H,3-8H2,1-2H3,(H,13,19)(H,17,18)/t9?,10-/m0/s1. The van der Waals surface area contributed by atoms with Gasteiger partial charge in [0.05, 0.1) is 6.61 Å². The average Bonchev–Trinajstić information content (AvgIpc) is 2.86. The molecule has 1 aliphatic rings. The number of nitrogens with zero attached hydrogens (tertiary/aromatic N) is 2. The van der Waals surface area contributed by atoms with Gasteiger partial charge in [-0.1, -0.05) is 13.8 Å². The van der Waals surface area contributed by atoms with Crippen molar-refractivity contribution in [1.82, 2.24) is 15.1 Å². The second-order valence-corrected chi connectivity index (χ2v) is 4.63. The summed E-state index contributed by atoms with van der Waals surface area (Å²) in [5, 5.41) is 20.0. The number of carbonyl (C=O) groups is 2. The van der Waals surface area contributed by atoms with E-state index in [0.29, 0.717) is 19.1 Å². The van der Waals surface area contributed by atoms with Crippen molar-refractivity contribution in [1.29, 1.82) is 0 Å². The van der Waals surface area contributed by atoms with Crippen LogP contribution in [0, 0.1) is 0 Å². The van der Waals surface area contributed by atoms with Gasteiger partial charge < -0.3 is 20.4 Å². The van der Waals surface area contributed by atoms with E-state index in [9.17, 15) is 9.59 Å². The second kappa shape index (κ2) is 7.30. The number of carbonyl (C=O) groups excluding carboxylic acids is 1. The minimum Gasteiger partial charge on any atom is -0.480 e. The van der Waals surface area contributed by atoms with Gasteiger partial charge in [0.1, 0.15) is 0 Å². The molecule has 1 heterocycles. The smallest absolute Gasteiger partial charge is 0.328 e. The summed E-state index contributed by atoms with van der Waals surface area (Å²) in [5.41, 5.74) is 0. The lowest BCUT2D eigenvalue weighted by Crippen LogP contribution is -2.49. The molecule has 2 amide bonds. The SMILES string of the molecule is CCN(CC)C1CCN(C(=O)N[C@@H](CO)C(=O)O)C1. The first-order valence-electron chi connectivity index (χ1n) is 6.66. The molecule has 0 saturated carbocycles. The molecule has 0 aromatic heterocycles. The number of hydrogen-bond donors (Lipinski definition) is 3. The third kappa shape index (κ3) is 4.07. The van der Waals surface area contributed by atoms with Crippen molar-refractivity contribution in [2.24, 2.45) is 0 Å². The molecule has 1 unspecified atom stereocenters. The number of hydrogen-bond acceptors (Lipinski definition) is 4. The summed E-state index contributed by atoms with van der Waals surface area (Å²) in [5.74, 6) is -1.23. The van der Waals surface area contributed by atoms with Crippen LogP contribution in [0.15, 0.2) is 0 Å². The number of aliphatic hydroxyl groups excluding tert-OH is 1. The Labute approximate surface area is 113 Å². The highest BCUT2D eigenvalue weighted by molar-refractivity contribution is 5.82. The number of carboxylic acids is 1. The molecule has 1 rings (SSSR count). The van der Waals surface area contributed by atoms with Crippen LogP contribution in [0.1, 0.15) is 20.3 Å². The topological polar surface area (TPSA) is 93.1 Å². The molecule has 2 atom stereocenters. The van der Waals surface area contributed by atoms with Gasteiger partial charge in [-0.3, -0.25) is 4.90 Å². The lowest BCUT2D eigenvalue weighted by Gasteiger charge is -2.26. The van der Waals surface area contributed by atoms with Gasteiger partial charge in [0.15, 0.2) is 6.04 Å². The number of carboxylic acid groups (broad SMARTS) is 1. The predicted octanol–water partition coefficient (Wildman–Crippen LogP) is -0.442. The fraction of sp³-hybridized carbons (Fsp3) is 0.833. The molecular formula is C12H23N3O4. The molecule has 1 saturated heterocycles. The molecule has 0 aromatic carbocycles. The van der Waals surface area contributed by atoms with E-state index in [1.165, 1.54) is 0 Å². The Morgan fingerprint density at radius 1 is 1.42 bits per heavy atom. The molecule has 110 valence electrons. The maximum Gasteiger partial charge on any atom is 0.328 e. The molecular weight excluding hydrogens is 250 g/mol. The number of likely N-dealkylation sites (tertiary alicyclic amines) is 1. The van der Waals surface area contributed by atoms with E-state index in [-0.39, 0.29) is 0 Å². The Hall–Kier alpha value is -1.34. The van der Waals surface area contributed by atoms with E-state index in [0.717, 1.165) is 19.5 Å². The predicted molar refractivity (Wildman–Crippen MR) is 69.9 cm³/mol. The highest BCUT2D eigenvalue weighted by Crippen LogP contribution is 2.15. The number of rotatable bonds is 6. The highest BCUT2D eigenvalue weighted by Gasteiger charge is 2.30. The van der Waals surface area contributed by atoms with Gasteiger partial charge in [-0.15, -0.1) is 0 Å². The van der Waals surface area contributed by atoms with Crippen LogP contribution in [0.3, 0.4) is 0 Å². The van der Waals surface area contributed by atoms with E-state index in [4.69, 9.17) is 10.2 Å². The molecule has 0 aliphatic carbocycles. The highest BCUT2D eigenvalue weighted by atomic mass is 16.4. The number of urea groups is 1. The minimum absolute atomic E-state index is 0.332. The van der Waals surface area contributed by atoms with Crippen molar-refractivity contribution >= 4 is 12.0 Å². The molecule has 3 N–H and O–H groups in total. The Morgan fingerprint density at radius 2 is 2.05 bits per heavy atom. The van der Waals surface area contributed by atoms with Gasteiger partial charge in [-0.05, 0) is 19.5 Å².